The number of rotatable bonds is 6. The predicted octanol–water partition coefficient (Wildman–Crippen LogP) is 3.22. The van der Waals surface area contributed by atoms with Gasteiger partial charge in [-0.15, -0.1) is 0 Å². The molecule has 0 saturated carbocycles. The molecular formula is C16H18N2O3S. The lowest BCUT2D eigenvalue weighted by atomic mass is 10.1. The van der Waals surface area contributed by atoms with Crippen LogP contribution in [-0.4, -0.2) is 22.0 Å². The maximum atomic E-state index is 12.0. The highest BCUT2D eigenvalue weighted by atomic mass is 32.1. The second-order valence-electron chi connectivity index (χ2n) is 5.41. The fourth-order valence-electron chi connectivity index (χ4n) is 2.04. The highest BCUT2D eigenvalue weighted by molar-refractivity contribution is 7.17. The van der Waals surface area contributed by atoms with E-state index in [1.165, 1.54) is 0 Å². The van der Waals surface area contributed by atoms with Crippen molar-refractivity contribution in [3.63, 3.8) is 0 Å². The number of aromatic carboxylic acids is 1. The third-order valence-electron chi connectivity index (χ3n) is 2.95. The van der Waals surface area contributed by atoms with Gasteiger partial charge in [0, 0.05) is 0 Å². The van der Waals surface area contributed by atoms with Gasteiger partial charge < -0.3 is 10.4 Å². The van der Waals surface area contributed by atoms with Gasteiger partial charge in [0.2, 0.25) is 5.91 Å². The fourth-order valence-corrected chi connectivity index (χ4v) is 2.89. The number of carbonyl (C=O) groups is 2. The standard InChI is InChI=1S/C16H18N2O3S/c1-10(2)8-12-14(15(20)21)22-16(17-12)18-13(19)9-11-6-4-3-5-7-11/h3-7,10H,8-9H2,1-2H3,(H,20,21)(H,17,18,19). The van der Waals surface area contributed by atoms with Crippen molar-refractivity contribution in [3.05, 3.63) is 46.5 Å². The molecule has 1 amide bonds. The van der Waals surface area contributed by atoms with Crippen LogP contribution in [0.5, 0.6) is 0 Å². The van der Waals surface area contributed by atoms with Crippen LogP contribution < -0.4 is 5.32 Å². The van der Waals surface area contributed by atoms with Crippen molar-refractivity contribution < 1.29 is 14.7 Å². The Morgan fingerprint density at radius 3 is 2.55 bits per heavy atom. The molecule has 1 aromatic heterocycles. The Balaban J connectivity index is 2.09. The number of benzene rings is 1. The van der Waals surface area contributed by atoms with Crippen LogP contribution in [0.1, 0.15) is 34.8 Å². The number of carbonyl (C=O) groups excluding carboxylic acids is 1. The zero-order chi connectivity index (χ0) is 16.1. The van der Waals surface area contributed by atoms with E-state index in [9.17, 15) is 14.7 Å². The van der Waals surface area contributed by atoms with Crippen molar-refractivity contribution in [2.45, 2.75) is 26.7 Å². The largest absolute Gasteiger partial charge is 0.477 e. The van der Waals surface area contributed by atoms with Gasteiger partial charge in [0.25, 0.3) is 0 Å². The summed E-state index contributed by atoms with van der Waals surface area (Å²) in [5.74, 6) is -0.905. The van der Waals surface area contributed by atoms with Crippen LogP contribution in [0.25, 0.3) is 0 Å². The van der Waals surface area contributed by atoms with E-state index in [2.05, 4.69) is 10.3 Å². The average molecular weight is 318 g/mol. The molecule has 0 aliphatic rings. The summed E-state index contributed by atoms with van der Waals surface area (Å²) in [7, 11) is 0. The molecule has 0 unspecified atom stereocenters. The highest BCUT2D eigenvalue weighted by Crippen LogP contribution is 2.25. The van der Waals surface area contributed by atoms with Crippen LogP contribution in [0.15, 0.2) is 30.3 Å². The van der Waals surface area contributed by atoms with Gasteiger partial charge in [-0.3, -0.25) is 4.79 Å². The van der Waals surface area contributed by atoms with Crippen molar-refractivity contribution in [1.29, 1.82) is 0 Å². The van der Waals surface area contributed by atoms with Crippen molar-refractivity contribution in [3.8, 4) is 0 Å². The Morgan fingerprint density at radius 1 is 1.27 bits per heavy atom. The third-order valence-corrected chi connectivity index (χ3v) is 3.95. The molecule has 22 heavy (non-hydrogen) atoms. The van der Waals surface area contributed by atoms with E-state index in [0.717, 1.165) is 16.9 Å². The summed E-state index contributed by atoms with van der Waals surface area (Å²) in [5, 5.41) is 12.2. The molecule has 116 valence electrons. The first-order chi connectivity index (χ1) is 10.5. The Morgan fingerprint density at radius 2 is 1.95 bits per heavy atom. The predicted molar refractivity (Wildman–Crippen MR) is 86.4 cm³/mol. The first-order valence-electron chi connectivity index (χ1n) is 7.02. The Hall–Kier alpha value is -2.21. The molecule has 0 aliphatic heterocycles. The number of hydrogen-bond donors (Lipinski definition) is 2. The summed E-state index contributed by atoms with van der Waals surface area (Å²) in [5.41, 5.74) is 1.43. The zero-order valence-corrected chi connectivity index (χ0v) is 13.3. The van der Waals surface area contributed by atoms with E-state index in [4.69, 9.17) is 0 Å². The first-order valence-corrected chi connectivity index (χ1v) is 7.84. The van der Waals surface area contributed by atoms with Gasteiger partial charge in [0.1, 0.15) is 4.88 Å². The Bertz CT molecular complexity index is 665. The summed E-state index contributed by atoms with van der Waals surface area (Å²) < 4.78 is 0. The summed E-state index contributed by atoms with van der Waals surface area (Å²) in [4.78, 5) is 27.7. The lowest BCUT2D eigenvalue weighted by Crippen LogP contribution is -2.14. The summed E-state index contributed by atoms with van der Waals surface area (Å²) in [6, 6.07) is 9.37. The molecule has 1 heterocycles. The lowest BCUT2D eigenvalue weighted by molar-refractivity contribution is -0.115. The number of thiazole rings is 1. The Kier molecular flexibility index (Phi) is 5.27. The van der Waals surface area contributed by atoms with Crippen LogP contribution in [0.3, 0.4) is 0 Å². The highest BCUT2D eigenvalue weighted by Gasteiger charge is 2.19. The van der Waals surface area contributed by atoms with E-state index in [-0.39, 0.29) is 17.2 Å². The normalized spacial score (nSPS) is 10.7. The molecule has 0 bridgehead atoms. The van der Waals surface area contributed by atoms with Crippen molar-refractivity contribution in [2.75, 3.05) is 5.32 Å². The number of hydrogen-bond acceptors (Lipinski definition) is 4. The molecule has 1 aromatic carbocycles. The van der Waals surface area contributed by atoms with Gasteiger partial charge >= 0.3 is 5.97 Å². The molecule has 0 atom stereocenters. The average Bonchev–Trinajstić information content (AvgIpc) is 2.81. The zero-order valence-electron chi connectivity index (χ0n) is 12.5. The topological polar surface area (TPSA) is 79.3 Å². The second kappa shape index (κ2) is 7.17. The van der Waals surface area contributed by atoms with E-state index in [0.29, 0.717) is 23.2 Å². The maximum Gasteiger partial charge on any atom is 0.347 e. The van der Waals surface area contributed by atoms with Gasteiger partial charge in [0.15, 0.2) is 5.13 Å². The summed E-state index contributed by atoms with van der Waals surface area (Å²) in [6.07, 6.45) is 0.815. The molecule has 2 rings (SSSR count). The molecule has 2 aromatic rings. The maximum absolute atomic E-state index is 12.0. The van der Waals surface area contributed by atoms with Gasteiger partial charge in [-0.2, -0.15) is 0 Å². The van der Waals surface area contributed by atoms with Gasteiger partial charge in [-0.1, -0.05) is 55.5 Å². The molecule has 6 heteroatoms. The molecule has 0 aliphatic carbocycles. The molecule has 0 radical (unpaired) electrons. The molecular weight excluding hydrogens is 300 g/mol. The van der Waals surface area contributed by atoms with Crippen molar-refractivity contribution >= 4 is 28.3 Å². The fraction of sp³-hybridized carbons (Fsp3) is 0.312. The van der Waals surface area contributed by atoms with E-state index in [1.54, 1.807) is 0 Å². The molecule has 2 N–H and O–H groups in total. The van der Waals surface area contributed by atoms with Crippen LogP contribution in [0.4, 0.5) is 5.13 Å². The van der Waals surface area contributed by atoms with Crippen molar-refractivity contribution in [2.24, 2.45) is 5.92 Å². The minimum atomic E-state index is -1.00. The van der Waals surface area contributed by atoms with E-state index < -0.39 is 5.97 Å². The summed E-state index contributed by atoms with van der Waals surface area (Å²) in [6.45, 7) is 4.00. The first kappa shape index (κ1) is 16.2. The van der Waals surface area contributed by atoms with E-state index >= 15 is 0 Å². The number of carboxylic acid groups (broad SMARTS) is 1. The SMILES string of the molecule is CC(C)Cc1nc(NC(=O)Cc2ccccc2)sc1C(=O)O. The van der Waals surface area contributed by atoms with Gasteiger partial charge in [-0.25, -0.2) is 9.78 Å². The number of aromatic nitrogens is 1. The Labute approximate surface area is 133 Å². The van der Waals surface area contributed by atoms with Crippen LogP contribution in [0, 0.1) is 5.92 Å². The number of nitrogens with one attached hydrogen (secondary N) is 1. The van der Waals surface area contributed by atoms with E-state index in [1.807, 2.05) is 44.2 Å². The lowest BCUT2D eigenvalue weighted by Gasteiger charge is -2.02. The number of amides is 1. The number of carboxylic acids is 1. The minimum Gasteiger partial charge on any atom is -0.477 e. The quantitative estimate of drug-likeness (QED) is 0.857. The minimum absolute atomic E-state index is 0.198. The van der Waals surface area contributed by atoms with Gasteiger partial charge in [-0.05, 0) is 17.9 Å². The second-order valence-corrected chi connectivity index (χ2v) is 6.41. The monoisotopic (exact) mass is 318 g/mol. The molecule has 0 spiro atoms. The number of nitrogens with zero attached hydrogens (tertiary/aromatic N) is 1. The van der Waals surface area contributed by atoms with Crippen LogP contribution in [0.2, 0.25) is 0 Å². The van der Waals surface area contributed by atoms with Crippen molar-refractivity contribution in [1.82, 2.24) is 4.98 Å². The van der Waals surface area contributed by atoms with Gasteiger partial charge in [0.05, 0.1) is 12.1 Å². The third kappa shape index (κ3) is 4.39. The summed E-state index contributed by atoms with van der Waals surface area (Å²) >= 11 is 1.01. The molecule has 0 saturated heterocycles. The molecule has 0 fully saturated rings. The molecule has 5 nitrogen and oxygen atoms in total. The van der Waals surface area contributed by atoms with Crippen LogP contribution >= 0.6 is 11.3 Å². The van der Waals surface area contributed by atoms with Crippen LogP contribution in [-0.2, 0) is 17.6 Å². The number of anilines is 1. The smallest absolute Gasteiger partial charge is 0.347 e.